The van der Waals surface area contributed by atoms with Gasteiger partial charge in [0.1, 0.15) is 5.69 Å². The quantitative estimate of drug-likeness (QED) is 0.879. The van der Waals surface area contributed by atoms with Gasteiger partial charge in [-0.2, -0.15) is 0 Å². The highest BCUT2D eigenvalue weighted by Crippen LogP contribution is 2.16. The molecular weight excluding hydrogens is 298 g/mol. The Hall–Kier alpha value is -1.80. The van der Waals surface area contributed by atoms with Gasteiger partial charge in [0.15, 0.2) is 5.69 Å². The fraction of sp³-hybridized carbons (Fsp3) is 0.333. The molecule has 0 aromatic carbocycles. The molecule has 0 radical (unpaired) electrons. The van der Waals surface area contributed by atoms with Crippen molar-refractivity contribution in [2.75, 3.05) is 6.54 Å². The summed E-state index contributed by atoms with van der Waals surface area (Å²) in [5, 5.41) is 14.6. The van der Waals surface area contributed by atoms with E-state index in [1.165, 1.54) is 28.1 Å². The number of carbonyl (C=O) groups is 2. The molecule has 0 bridgehead atoms. The summed E-state index contributed by atoms with van der Waals surface area (Å²) in [6.07, 6.45) is 0.506. The third-order valence-electron chi connectivity index (χ3n) is 2.51. The average molecular weight is 311 g/mol. The molecule has 106 valence electrons. The smallest absolute Gasteiger partial charge is 0.355 e. The summed E-state index contributed by atoms with van der Waals surface area (Å²) >= 11 is 2.76. The van der Waals surface area contributed by atoms with Crippen molar-refractivity contribution in [2.45, 2.75) is 20.3 Å². The monoisotopic (exact) mass is 311 g/mol. The number of amides is 1. The lowest BCUT2D eigenvalue weighted by atomic mass is 10.3. The Kier molecular flexibility index (Phi) is 4.46. The van der Waals surface area contributed by atoms with E-state index in [-0.39, 0.29) is 11.6 Å². The molecule has 0 saturated heterocycles. The first-order valence-electron chi connectivity index (χ1n) is 5.87. The van der Waals surface area contributed by atoms with Crippen LogP contribution in [0.25, 0.3) is 0 Å². The topological polar surface area (TPSA) is 92.2 Å². The van der Waals surface area contributed by atoms with Crippen LogP contribution < -0.4 is 5.32 Å². The van der Waals surface area contributed by atoms with E-state index in [0.29, 0.717) is 23.7 Å². The van der Waals surface area contributed by atoms with Crippen molar-refractivity contribution in [2.24, 2.45) is 0 Å². The van der Waals surface area contributed by atoms with Crippen LogP contribution in [0.3, 0.4) is 0 Å². The van der Waals surface area contributed by atoms with Gasteiger partial charge >= 0.3 is 5.97 Å². The molecule has 20 heavy (non-hydrogen) atoms. The zero-order chi connectivity index (χ0) is 14.7. The molecule has 0 atom stereocenters. The number of nitrogens with one attached hydrogen (secondary N) is 1. The Balaban J connectivity index is 1.87. The van der Waals surface area contributed by atoms with E-state index in [9.17, 15) is 9.59 Å². The van der Waals surface area contributed by atoms with Crippen molar-refractivity contribution >= 4 is 34.6 Å². The Morgan fingerprint density at radius 3 is 2.65 bits per heavy atom. The van der Waals surface area contributed by atoms with Gasteiger partial charge in [-0.3, -0.25) is 4.79 Å². The lowest BCUT2D eigenvalue weighted by molar-refractivity contribution is 0.0690. The number of thiazole rings is 2. The molecule has 6 nitrogen and oxygen atoms in total. The molecule has 2 heterocycles. The fourth-order valence-electron chi connectivity index (χ4n) is 1.63. The van der Waals surface area contributed by atoms with Crippen molar-refractivity contribution in [1.82, 2.24) is 15.3 Å². The first-order chi connectivity index (χ1) is 9.47. The Bertz CT molecular complexity index is 648. The van der Waals surface area contributed by atoms with E-state index in [1.807, 2.05) is 13.8 Å². The van der Waals surface area contributed by atoms with Crippen LogP contribution in [0, 0.1) is 13.8 Å². The number of aryl methyl sites for hydroxylation is 2. The van der Waals surface area contributed by atoms with E-state index < -0.39 is 5.97 Å². The predicted octanol–water partition coefficient (Wildman–Crippen LogP) is 1.89. The van der Waals surface area contributed by atoms with Gasteiger partial charge in [0.25, 0.3) is 5.91 Å². The van der Waals surface area contributed by atoms with Gasteiger partial charge in [0.2, 0.25) is 0 Å². The third kappa shape index (κ3) is 3.40. The molecule has 2 aromatic rings. The first kappa shape index (κ1) is 14.6. The van der Waals surface area contributed by atoms with E-state index in [0.717, 1.165) is 9.88 Å². The van der Waals surface area contributed by atoms with E-state index >= 15 is 0 Å². The second kappa shape index (κ2) is 6.10. The van der Waals surface area contributed by atoms with Crippen molar-refractivity contribution in [3.8, 4) is 0 Å². The van der Waals surface area contributed by atoms with Gasteiger partial charge in [0.05, 0.1) is 10.0 Å². The van der Waals surface area contributed by atoms with Crippen LogP contribution in [0.4, 0.5) is 0 Å². The van der Waals surface area contributed by atoms with Gasteiger partial charge in [0, 0.05) is 23.2 Å². The largest absolute Gasteiger partial charge is 0.476 e. The summed E-state index contributed by atoms with van der Waals surface area (Å²) in [6, 6.07) is 0. The van der Waals surface area contributed by atoms with E-state index in [4.69, 9.17) is 5.11 Å². The molecule has 0 aliphatic carbocycles. The second-order valence-electron chi connectivity index (χ2n) is 4.08. The van der Waals surface area contributed by atoms with Gasteiger partial charge in [-0.1, -0.05) is 0 Å². The van der Waals surface area contributed by atoms with Crippen LogP contribution in [0.15, 0.2) is 5.38 Å². The summed E-state index contributed by atoms with van der Waals surface area (Å²) in [5.74, 6) is -1.24. The molecule has 2 rings (SSSR count). The molecule has 1 amide bonds. The fourth-order valence-corrected chi connectivity index (χ4v) is 3.22. The van der Waals surface area contributed by atoms with Gasteiger partial charge in [-0.05, 0) is 13.8 Å². The summed E-state index contributed by atoms with van der Waals surface area (Å²) in [4.78, 5) is 31.6. The highest BCUT2D eigenvalue weighted by Gasteiger charge is 2.14. The Labute approximate surface area is 123 Å². The maximum Gasteiger partial charge on any atom is 0.355 e. The zero-order valence-corrected chi connectivity index (χ0v) is 12.6. The van der Waals surface area contributed by atoms with Gasteiger partial charge in [-0.25, -0.2) is 14.8 Å². The maximum absolute atomic E-state index is 11.9. The lowest BCUT2D eigenvalue weighted by Gasteiger charge is -2.02. The molecule has 2 aromatic heterocycles. The maximum atomic E-state index is 11.9. The number of carboxylic acids is 1. The molecule has 8 heteroatoms. The molecule has 0 aliphatic heterocycles. The van der Waals surface area contributed by atoms with Crippen molar-refractivity contribution < 1.29 is 14.7 Å². The highest BCUT2D eigenvalue weighted by atomic mass is 32.1. The summed E-state index contributed by atoms with van der Waals surface area (Å²) in [6.45, 7) is 4.12. The number of aromatic carboxylic acids is 1. The highest BCUT2D eigenvalue weighted by molar-refractivity contribution is 7.11. The number of hydrogen-bond donors (Lipinski definition) is 2. The van der Waals surface area contributed by atoms with Crippen molar-refractivity contribution in [1.29, 1.82) is 0 Å². The van der Waals surface area contributed by atoms with Crippen LogP contribution in [-0.4, -0.2) is 33.5 Å². The third-order valence-corrected chi connectivity index (χ3v) is 4.31. The number of carboxylic acid groups (broad SMARTS) is 1. The number of hydrogen-bond acceptors (Lipinski definition) is 6. The van der Waals surface area contributed by atoms with Crippen LogP contribution in [0.5, 0.6) is 0 Å². The van der Waals surface area contributed by atoms with Crippen LogP contribution in [0.1, 0.15) is 35.9 Å². The van der Waals surface area contributed by atoms with Crippen LogP contribution >= 0.6 is 22.7 Å². The number of carbonyl (C=O) groups excluding carboxylic acids is 1. The molecule has 0 unspecified atom stereocenters. The predicted molar refractivity (Wildman–Crippen MR) is 76.7 cm³/mol. The Morgan fingerprint density at radius 1 is 1.35 bits per heavy atom. The molecule has 2 N–H and O–H groups in total. The van der Waals surface area contributed by atoms with Crippen LogP contribution in [0.2, 0.25) is 0 Å². The minimum absolute atomic E-state index is 0.0438. The minimum Gasteiger partial charge on any atom is -0.476 e. The van der Waals surface area contributed by atoms with Crippen LogP contribution in [-0.2, 0) is 6.42 Å². The summed E-state index contributed by atoms with van der Waals surface area (Å²) in [5.41, 5.74) is 0.500. The van der Waals surface area contributed by atoms with E-state index in [1.54, 1.807) is 0 Å². The number of rotatable bonds is 5. The normalized spacial score (nSPS) is 10.5. The molecular formula is C12H13N3O3S2. The van der Waals surface area contributed by atoms with Gasteiger partial charge in [-0.15, -0.1) is 22.7 Å². The summed E-state index contributed by atoms with van der Waals surface area (Å²) in [7, 11) is 0. The molecule has 0 spiro atoms. The standard InChI is InChI=1S/C12H13N3O3S2/c1-6-10(14-7(2)20-6)11(16)13-4-3-9-15-8(5-19-9)12(17)18/h5H,3-4H2,1-2H3,(H,13,16)(H,17,18). The molecule has 0 aliphatic rings. The molecule has 0 fully saturated rings. The number of nitrogens with zero attached hydrogens (tertiary/aromatic N) is 2. The zero-order valence-electron chi connectivity index (χ0n) is 11.0. The summed E-state index contributed by atoms with van der Waals surface area (Å²) < 4.78 is 0. The Morgan fingerprint density at radius 2 is 2.10 bits per heavy atom. The SMILES string of the molecule is Cc1nc(C(=O)NCCc2nc(C(=O)O)cs2)c(C)s1. The number of aromatic nitrogens is 2. The van der Waals surface area contributed by atoms with E-state index in [2.05, 4.69) is 15.3 Å². The second-order valence-corrected chi connectivity index (χ2v) is 6.43. The first-order valence-corrected chi connectivity index (χ1v) is 7.57. The van der Waals surface area contributed by atoms with Crippen molar-refractivity contribution in [3.63, 3.8) is 0 Å². The lowest BCUT2D eigenvalue weighted by Crippen LogP contribution is -2.26. The van der Waals surface area contributed by atoms with Crippen molar-refractivity contribution in [3.05, 3.63) is 31.7 Å². The molecule has 0 saturated carbocycles. The average Bonchev–Trinajstić information content (AvgIpc) is 2.96. The minimum atomic E-state index is -1.04. The van der Waals surface area contributed by atoms with Gasteiger partial charge < -0.3 is 10.4 Å².